The summed E-state index contributed by atoms with van der Waals surface area (Å²) in [6.07, 6.45) is 1.68. The molecular formula is C23H19NO4S. The number of methoxy groups -OCH3 is 1. The Kier molecular flexibility index (Phi) is 5.44. The SMILES string of the molecule is COc1ccc(/C=C2\N=C(c3cccs3)OC2=O)cc1OCc1ccc(C)cc1. The lowest BCUT2D eigenvalue weighted by atomic mass is 10.1. The quantitative estimate of drug-likeness (QED) is 0.428. The predicted molar refractivity (Wildman–Crippen MR) is 113 cm³/mol. The number of benzene rings is 2. The molecule has 1 aromatic heterocycles. The fourth-order valence-electron chi connectivity index (χ4n) is 2.81. The van der Waals surface area contributed by atoms with E-state index in [4.69, 9.17) is 14.2 Å². The van der Waals surface area contributed by atoms with Crippen LogP contribution in [0.15, 0.2) is 70.7 Å². The summed E-state index contributed by atoms with van der Waals surface area (Å²) in [6, 6.07) is 17.4. The molecule has 0 aliphatic carbocycles. The van der Waals surface area contributed by atoms with E-state index in [1.54, 1.807) is 19.3 Å². The van der Waals surface area contributed by atoms with Gasteiger partial charge in [0.25, 0.3) is 0 Å². The van der Waals surface area contributed by atoms with Gasteiger partial charge < -0.3 is 14.2 Å². The number of carbonyl (C=O) groups excluding carboxylic acids is 1. The number of hydrogen-bond acceptors (Lipinski definition) is 6. The minimum Gasteiger partial charge on any atom is -0.493 e. The Balaban J connectivity index is 1.56. The molecule has 0 N–H and O–H groups in total. The first-order valence-corrected chi connectivity index (χ1v) is 9.93. The molecule has 4 rings (SSSR count). The lowest BCUT2D eigenvalue weighted by Crippen LogP contribution is -2.03. The van der Waals surface area contributed by atoms with Gasteiger partial charge in [-0.25, -0.2) is 9.79 Å². The van der Waals surface area contributed by atoms with Crippen molar-refractivity contribution in [3.63, 3.8) is 0 Å². The van der Waals surface area contributed by atoms with E-state index in [-0.39, 0.29) is 5.70 Å². The van der Waals surface area contributed by atoms with Gasteiger partial charge in [0.1, 0.15) is 6.61 Å². The van der Waals surface area contributed by atoms with Crippen LogP contribution in [0, 0.1) is 6.92 Å². The average molecular weight is 405 g/mol. The molecule has 1 aliphatic rings. The van der Waals surface area contributed by atoms with Crippen LogP contribution in [0.3, 0.4) is 0 Å². The van der Waals surface area contributed by atoms with Crippen molar-refractivity contribution in [2.24, 2.45) is 4.99 Å². The Morgan fingerprint density at radius 3 is 2.66 bits per heavy atom. The van der Waals surface area contributed by atoms with Crippen LogP contribution in [0.4, 0.5) is 0 Å². The zero-order valence-electron chi connectivity index (χ0n) is 16.0. The highest BCUT2D eigenvalue weighted by Crippen LogP contribution is 2.30. The van der Waals surface area contributed by atoms with Gasteiger partial charge in [0.15, 0.2) is 17.2 Å². The van der Waals surface area contributed by atoms with Crippen LogP contribution in [0.1, 0.15) is 21.6 Å². The number of ether oxygens (including phenoxy) is 3. The highest BCUT2D eigenvalue weighted by Gasteiger charge is 2.24. The Bertz CT molecular complexity index is 1080. The maximum absolute atomic E-state index is 12.2. The van der Waals surface area contributed by atoms with Gasteiger partial charge in [-0.2, -0.15) is 0 Å². The molecule has 3 aromatic rings. The van der Waals surface area contributed by atoms with Crippen LogP contribution in [0.2, 0.25) is 0 Å². The smallest absolute Gasteiger partial charge is 0.363 e. The summed E-state index contributed by atoms with van der Waals surface area (Å²) in [7, 11) is 1.60. The van der Waals surface area contributed by atoms with E-state index < -0.39 is 5.97 Å². The normalized spacial score (nSPS) is 14.6. The van der Waals surface area contributed by atoms with E-state index in [9.17, 15) is 4.79 Å². The maximum Gasteiger partial charge on any atom is 0.363 e. The van der Waals surface area contributed by atoms with Gasteiger partial charge in [0, 0.05) is 0 Å². The Morgan fingerprint density at radius 2 is 1.93 bits per heavy atom. The van der Waals surface area contributed by atoms with Crippen molar-refractivity contribution in [2.75, 3.05) is 7.11 Å². The number of aliphatic imine (C=N–C) groups is 1. The molecule has 0 saturated carbocycles. The number of esters is 1. The van der Waals surface area contributed by atoms with Gasteiger partial charge in [-0.05, 0) is 47.7 Å². The highest BCUT2D eigenvalue weighted by atomic mass is 32.1. The van der Waals surface area contributed by atoms with Crippen molar-refractivity contribution in [1.82, 2.24) is 0 Å². The van der Waals surface area contributed by atoms with Crippen LogP contribution < -0.4 is 9.47 Å². The third kappa shape index (κ3) is 4.38. The van der Waals surface area contributed by atoms with Gasteiger partial charge >= 0.3 is 5.97 Å². The van der Waals surface area contributed by atoms with E-state index in [1.165, 1.54) is 16.9 Å². The summed E-state index contributed by atoms with van der Waals surface area (Å²) < 4.78 is 16.6. The summed E-state index contributed by atoms with van der Waals surface area (Å²) in [5, 5.41) is 1.91. The Morgan fingerprint density at radius 1 is 1.10 bits per heavy atom. The van der Waals surface area contributed by atoms with E-state index in [0.29, 0.717) is 24.0 Å². The summed E-state index contributed by atoms with van der Waals surface area (Å²) in [4.78, 5) is 17.3. The molecule has 0 spiro atoms. The molecule has 29 heavy (non-hydrogen) atoms. The average Bonchev–Trinajstić information content (AvgIpc) is 3.38. The van der Waals surface area contributed by atoms with E-state index in [0.717, 1.165) is 16.0 Å². The van der Waals surface area contributed by atoms with Crippen molar-refractivity contribution in [1.29, 1.82) is 0 Å². The van der Waals surface area contributed by atoms with Crippen molar-refractivity contribution in [3.8, 4) is 11.5 Å². The van der Waals surface area contributed by atoms with Crippen LogP contribution in [0.25, 0.3) is 6.08 Å². The van der Waals surface area contributed by atoms with Crippen LogP contribution in [0.5, 0.6) is 11.5 Å². The van der Waals surface area contributed by atoms with Crippen molar-refractivity contribution < 1.29 is 19.0 Å². The number of aryl methyl sites for hydroxylation is 1. The lowest BCUT2D eigenvalue weighted by Gasteiger charge is -2.12. The van der Waals surface area contributed by atoms with E-state index in [2.05, 4.69) is 4.99 Å². The molecule has 0 unspecified atom stereocenters. The first-order valence-electron chi connectivity index (χ1n) is 9.05. The summed E-state index contributed by atoms with van der Waals surface area (Å²) in [5.74, 6) is 1.08. The molecule has 0 fully saturated rings. The molecule has 0 saturated heterocycles. The van der Waals surface area contributed by atoms with E-state index in [1.807, 2.05) is 60.8 Å². The Hall–Kier alpha value is -3.38. The van der Waals surface area contributed by atoms with Gasteiger partial charge in [-0.3, -0.25) is 0 Å². The number of thiophene rings is 1. The number of carbonyl (C=O) groups is 1. The molecule has 2 aromatic carbocycles. The minimum atomic E-state index is -0.466. The second-order valence-electron chi connectivity index (χ2n) is 6.50. The molecule has 1 aliphatic heterocycles. The summed E-state index contributed by atoms with van der Waals surface area (Å²) >= 11 is 1.47. The van der Waals surface area contributed by atoms with Crippen molar-refractivity contribution in [2.45, 2.75) is 13.5 Å². The van der Waals surface area contributed by atoms with Gasteiger partial charge in [-0.1, -0.05) is 42.0 Å². The van der Waals surface area contributed by atoms with Crippen molar-refractivity contribution in [3.05, 3.63) is 87.2 Å². The summed E-state index contributed by atoms with van der Waals surface area (Å²) in [5.41, 5.74) is 3.28. The molecule has 0 amide bonds. The standard InChI is InChI=1S/C23H19NO4S/c1-15-5-7-16(8-6-15)14-27-20-13-17(9-10-19(20)26-2)12-18-23(25)28-22(24-18)21-4-3-11-29-21/h3-13H,14H2,1-2H3/b18-12-. The van der Waals surface area contributed by atoms with Gasteiger partial charge in [0.05, 0.1) is 12.0 Å². The van der Waals surface area contributed by atoms with Crippen LogP contribution in [-0.2, 0) is 16.1 Å². The van der Waals surface area contributed by atoms with Gasteiger partial charge in [-0.15, -0.1) is 11.3 Å². The third-order valence-electron chi connectivity index (χ3n) is 4.36. The topological polar surface area (TPSA) is 57.1 Å². The number of rotatable bonds is 6. The molecule has 0 bridgehead atoms. The van der Waals surface area contributed by atoms with Crippen molar-refractivity contribution >= 4 is 29.3 Å². The number of nitrogens with zero attached hydrogens (tertiary/aromatic N) is 1. The molecule has 146 valence electrons. The number of hydrogen-bond donors (Lipinski definition) is 0. The minimum absolute atomic E-state index is 0.253. The lowest BCUT2D eigenvalue weighted by molar-refractivity contribution is -0.129. The second-order valence-corrected chi connectivity index (χ2v) is 7.45. The zero-order valence-corrected chi connectivity index (χ0v) is 16.9. The highest BCUT2D eigenvalue weighted by molar-refractivity contribution is 7.12. The molecule has 6 heteroatoms. The Labute approximate surface area is 172 Å². The number of cyclic esters (lactones) is 1. The first kappa shape index (κ1) is 19.0. The molecule has 5 nitrogen and oxygen atoms in total. The fourth-order valence-corrected chi connectivity index (χ4v) is 3.46. The molecular weight excluding hydrogens is 386 g/mol. The molecule has 2 heterocycles. The molecule has 0 atom stereocenters. The first-order chi connectivity index (χ1) is 14.1. The van der Waals surface area contributed by atoms with Crippen LogP contribution in [-0.4, -0.2) is 19.0 Å². The van der Waals surface area contributed by atoms with E-state index >= 15 is 0 Å². The zero-order chi connectivity index (χ0) is 20.2. The second kappa shape index (κ2) is 8.32. The van der Waals surface area contributed by atoms with Gasteiger partial charge in [0.2, 0.25) is 5.90 Å². The fraction of sp³-hybridized carbons (Fsp3) is 0.130. The summed E-state index contributed by atoms with van der Waals surface area (Å²) in [6.45, 7) is 2.46. The molecule has 0 radical (unpaired) electrons. The largest absolute Gasteiger partial charge is 0.493 e. The maximum atomic E-state index is 12.2. The van der Waals surface area contributed by atoms with Crippen LogP contribution >= 0.6 is 11.3 Å². The third-order valence-corrected chi connectivity index (χ3v) is 5.22. The predicted octanol–water partition coefficient (Wildman–Crippen LogP) is 4.99. The monoisotopic (exact) mass is 405 g/mol.